The monoisotopic (exact) mass is 271 g/mol. The first-order valence-corrected chi connectivity index (χ1v) is 7.17. The Balaban J connectivity index is 2.11. The first kappa shape index (κ1) is 14.4. The van der Waals surface area contributed by atoms with Crippen molar-refractivity contribution >= 4 is 5.95 Å². The molecule has 2 rings (SSSR count). The average Bonchev–Trinajstić information content (AvgIpc) is 2.52. The van der Waals surface area contributed by atoms with E-state index in [1.165, 1.54) is 5.56 Å². The van der Waals surface area contributed by atoms with Crippen LogP contribution >= 0.6 is 0 Å². The molecule has 2 aromatic rings. The van der Waals surface area contributed by atoms with Gasteiger partial charge in [-0.3, -0.25) is 4.98 Å². The minimum atomic E-state index is 0.576. The number of nitrogens with zero attached hydrogens (tertiary/aromatic N) is 4. The van der Waals surface area contributed by atoms with E-state index in [9.17, 15) is 0 Å². The van der Waals surface area contributed by atoms with Gasteiger partial charge in [0.1, 0.15) is 0 Å². The Hall–Kier alpha value is -2.04. The summed E-state index contributed by atoms with van der Waals surface area (Å²) in [7, 11) is 0. The molecule has 0 aliphatic carbocycles. The van der Waals surface area contributed by atoms with Crippen LogP contribution in [0.5, 0.6) is 0 Å². The fraction of sp³-hybridized carbons (Fsp3) is 0.467. The highest BCUT2D eigenvalue weighted by atomic mass is 15.2. The van der Waals surface area contributed by atoms with Crippen LogP contribution in [0.15, 0.2) is 18.3 Å². The summed E-state index contributed by atoms with van der Waals surface area (Å²) in [6.45, 7) is 6.91. The lowest BCUT2D eigenvalue weighted by Crippen LogP contribution is -2.11. The molecule has 106 valence electrons. The lowest BCUT2D eigenvalue weighted by Gasteiger charge is -2.09. The van der Waals surface area contributed by atoms with Gasteiger partial charge in [-0.15, -0.1) is 5.10 Å². The van der Waals surface area contributed by atoms with Crippen LogP contribution < -0.4 is 5.32 Å². The SMILES string of the molecule is CCc1cccnc1CNc1nnc(CC)c(CC)n1. The fourth-order valence-corrected chi connectivity index (χ4v) is 2.13. The summed E-state index contributed by atoms with van der Waals surface area (Å²) in [4.78, 5) is 8.92. The third-order valence-corrected chi connectivity index (χ3v) is 3.29. The summed E-state index contributed by atoms with van der Waals surface area (Å²) in [6, 6.07) is 4.06. The number of anilines is 1. The van der Waals surface area contributed by atoms with Crippen LogP contribution in [0.1, 0.15) is 43.4 Å². The molecule has 0 saturated carbocycles. The zero-order valence-corrected chi connectivity index (χ0v) is 12.3. The average molecular weight is 271 g/mol. The Bertz CT molecular complexity index is 568. The van der Waals surface area contributed by atoms with E-state index in [0.717, 1.165) is 36.3 Å². The maximum absolute atomic E-state index is 4.52. The molecular formula is C15H21N5. The van der Waals surface area contributed by atoms with E-state index >= 15 is 0 Å². The van der Waals surface area contributed by atoms with E-state index in [4.69, 9.17) is 0 Å². The summed E-state index contributed by atoms with van der Waals surface area (Å²) in [5.74, 6) is 0.576. The molecule has 0 radical (unpaired) electrons. The number of nitrogens with one attached hydrogen (secondary N) is 1. The molecule has 0 unspecified atom stereocenters. The van der Waals surface area contributed by atoms with Crippen molar-refractivity contribution in [3.63, 3.8) is 0 Å². The largest absolute Gasteiger partial charge is 0.347 e. The van der Waals surface area contributed by atoms with Crippen LogP contribution in [0.25, 0.3) is 0 Å². The first-order chi connectivity index (χ1) is 9.78. The van der Waals surface area contributed by atoms with E-state index in [-0.39, 0.29) is 0 Å². The number of aryl methyl sites for hydroxylation is 3. The molecule has 20 heavy (non-hydrogen) atoms. The maximum atomic E-state index is 4.52. The molecule has 2 heterocycles. The standard InChI is InChI=1S/C15H21N5/c1-4-11-8-7-9-16-14(11)10-17-15-18-12(5-2)13(6-3)19-20-15/h7-9H,4-6,10H2,1-3H3,(H,17,18,20). The molecule has 5 nitrogen and oxygen atoms in total. The zero-order chi connectivity index (χ0) is 14.4. The Morgan fingerprint density at radius 1 is 0.950 bits per heavy atom. The molecule has 1 N–H and O–H groups in total. The Kier molecular flexibility index (Phi) is 4.98. The van der Waals surface area contributed by atoms with Crippen molar-refractivity contribution in [2.45, 2.75) is 46.6 Å². The number of aromatic nitrogens is 4. The number of hydrogen-bond donors (Lipinski definition) is 1. The van der Waals surface area contributed by atoms with Crippen LogP contribution in [0, 0.1) is 0 Å². The smallest absolute Gasteiger partial charge is 0.243 e. The van der Waals surface area contributed by atoms with Crippen LogP contribution in [0.3, 0.4) is 0 Å². The van der Waals surface area contributed by atoms with Gasteiger partial charge in [-0.25, -0.2) is 4.98 Å². The van der Waals surface area contributed by atoms with E-state index in [1.54, 1.807) is 0 Å². The molecule has 0 spiro atoms. The Morgan fingerprint density at radius 2 is 1.75 bits per heavy atom. The van der Waals surface area contributed by atoms with Gasteiger partial charge in [0.25, 0.3) is 0 Å². The summed E-state index contributed by atoms with van der Waals surface area (Å²) >= 11 is 0. The van der Waals surface area contributed by atoms with Crippen molar-refractivity contribution in [2.75, 3.05) is 5.32 Å². The molecule has 0 saturated heterocycles. The van der Waals surface area contributed by atoms with Gasteiger partial charge in [0.2, 0.25) is 5.95 Å². The Morgan fingerprint density at radius 3 is 2.45 bits per heavy atom. The van der Waals surface area contributed by atoms with Crippen molar-refractivity contribution in [3.8, 4) is 0 Å². The highest BCUT2D eigenvalue weighted by Gasteiger charge is 2.07. The van der Waals surface area contributed by atoms with Crippen LogP contribution in [0.2, 0.25) is 0 Å². The summed E-state index contributed by atoms with van der Waals surface area (Å²) in [5, 5.41) is 11.6. The normalized spacial score (nSPS) is 10.6. The molecule has 5 heteroatoms. The zero-order valence-electron chi connectivity index (χ0n) is 12.3. The van der Waals surface area contributed by atoms with Crippen molar-refractivity contribution in [1.29, 1.82) is 0 Å². The van der Waals surface area contributed by atoms with Gasteiger partial charge in [-0.05, 0) is 30.9 Å². The van der Waals surface area contributed by atoms with Gasteiger partial charge in [-0.2, -0.15) is 5.10 Å². The number of pyridine rings is 1. The van der Waals surface area contributed by atoms with Crippen LogP contribution in [-0.4, -0.2) is 20.2 Å². The van der Waals surface area contributed by atoms with Gasteiger partial charge in [-0.1, -0.05) is 26.8 Å². The number of hydrogen-bond acceptors (Lipinski definition) is 5. The van der Waals surface area contributed by atoms with E-state index in [2.05, 4.69) is 52.3 Å². The van der Waals surface area contributed by atoms with Crippen LogP contribution in [0.4, 0.5) is 5.95 Å². The molecular weight excluding hydrogens is 250 g/mol. The van der Waals surface area contributed by atoms with Gasteiger partial charge >= 0.3 is 0 Å². The highest BCUT2D eigenvalue weighted by Crippen LogP contribution is 2.10. The van der Waals surface area contributed by atoms with Gasteiger partial charge < -0.3 is 5.32 Å². The van der Waals surface area contributed by atoms with Crippen molar-refractivity contribution in [2.24, 2.45) is 0 Å². The molecule has 0 amide bonds. The molecule has 0 aliphatic rings. The van der Waals surface area contributed by atoms with E-state index < -0.39 is 0 Å². The quantitative estimate of drug-likeness (QED) is 0.874. The second-order valence-electron chi connectivity index (χ2n) is 4.55. The summed E-state index contributed by atoms with van der Waals surface area (Å²) < 4.78 is 0. The molecule has 0 fully saturated rings. The predicted octanol–water partition coefficient (Wildman–Crippen LogP) is 2.57. The molecule has 2 aromatic heterocycles. The first-order valence-electron chi connectivity index (χ1n) is 7.17. The van der Waals surface area contributed by atoms with E-state index in [0.29, 0.717) is 12.5 Å². The van der Waals surface area contributed by atoms with Crippen molar-refractivity contribution < 1.29 is 0 Å². The lowest BCUT2D eigenvalue weighted by atomic mass is 10.1. The Labute approximate surface area is 119 Å². The lowest BCUT2D eigenvalue weighted by molar-refractivity contribution is 0.815. The van der Waals surface area contributed by atoms with Crippen LogP contribution in [-0.2, 0) is 25.8 Å². The molecule has 0 bridgehead atoms. The third-order valence-electron chi connectivity index (χ3n) is 3.29. The summed E-state index contributed by atoms with van der Waals surface area (Å²) in [6.07, 6.45) is 4.52. The topological polar surface area (TPSA) is 63.6 Å². The fourth-order valence-electron chi connectivity index (χ4n) is 2.13. The highest BCUT2D eigenvalue weighted by molar-refractivity contribution is 5.29. The third kappa shape index (κ3) is 3.29. The molecule has 0 aromatic carbocycles. The van der Waals surface area contributed by atoms with Crippen molar-refractivity contribution in [3.05, 3.63) is 41.0 Å². The van der Waals surface area contributed by atoms with Gasteiger partial charge in [0, 0.05) is 6.20 Å². The second-order valence-corrected chi connectivity index (χ2v) is 4.55. The number of rotatable bonds is 6. The molecule has 0 atom stereocenters. The second kappa shape index (κ2) is 6.93. The predicted molar refractivity (Wildman–Crippen MR) is 79.5 cm³/mol. The van der Waals surface area contributed by atoms with Crippen molar-refractivity contribution in [1.82, 2.24) is 20.2 Å². The minimum Gasteiger partial charge on any atom is -0.347 e. The van der Waals surface area contributed by atoms with Gasteiger partial charge in [0.05, 0.1) is 23.6 Å². The van der Waals surface area contributed by atoms with Gasteiger partial charge in [0.15, 0.2) is 0 Å². The molecule has 0 aliphatic heterocycles. The minimum absolute atomic E-state index is 0.576. The maximum Gasteiger partial charge on any atom is 0.243 e. The van der Waals surface area contributed by atoms with E-state index in [1.807, 2.05) is 12.3 Å². The summed E-state index contributed by atoms with van der Waals surface area (Å²) in [5.41, 5.74) is 4.27.